The van der Waals surface area contributed by atoms with Gasteiger partial charge in [-0.15, -0.1) is 0 Å². The van der Waals surface area contributed by atoms with Crippen LogP contribution in [0, 0.1) is 0 Å². The van der Waals surface area contributed by atoms with E-state index < -0.39 is 0 Å². The van der Waals surface area contributed by atoms with Crippen LogP contribution in [-0.2, 0) is 11.3 Å². The fraction of sp³-hybridized carbons (Fsp3) is 0.556. The Kier molecular flexibility index (Phi) is 9.96. The maximum atomic E-state index is 11.1. The van der Waals surface area contributed by atoms with Crippen LogP contribution in [0.25, 0.3) is 0 Å². The molecule has 0 aliphatic carbocycles. The Hall–Kier alpha value is -1.68. The van der Waals surface area contributed by atoms with Crippen molar-refractivity contribution in [3.63, 3.8) is 0 Å². The summed E-state index contributed by atoms with van der Waals surface area (Å²) in [5.74, 6) is -0.0926. The van der Waals surface area contributed by atoms with Crippen LogP contribution < -0.4 is 0 Å². The maximum absolute atomic E-state index is 11.1. The summed E-state index contributed by atoms with van der Waals surface area (Å²) >= 11 is 0. The van der Waals surface area contributed by atoms with Crippen LogP contribution in [0.4, 0.5) is 0 Å². The van der Waals surface area contributed by atoms with Gasteiger partial charge in [0.1, 0.15) is 6.21 Å². The summed E-state index contributed by atoms with van der Waals surface area (Å²) in [7, 11) is 2.17. The Morgan fingerprint density at radius 2 is 1.73 bits per heavy atom. The highest BCUT2D eigenvalue weighted by molar-refractivity contribution is 6.27. The standard InChI is InChI=1S/C18H28N2O2/c1-20(16-17-11-7-6-8-12-17)14-10-5-3-2-4-9-13-18(21)15-19-22/h6-8,11-12,15,22H,2-5,9-10,13-14,16H2,1H3/b19-15+. The summed E-state index contributed by atoms with van der Waals surface area (Å²) < 4.78 is 0. The van der Waals surface area contributed by atoms with Gasteiger partial charge in [0, 0.05) is 13.0 Å². The molecular formula is C18H28N2O2. The van der Waals surface area contributed by atoms with Crippen molar-refractivity contribution in [3.8, 4) is 0 Å². The van der Waals surface area contributed by atoms with Crippen molar-refractivity contribution in [2.24, 2.45) is 5.16 Å². The van der Waals surface area contributed by atoms with Crippen molar-refractivity contribution >= 4 is 12.0 Å². The first kappa shape index (κ1) is 18.4. The van der Waals surface area contributed by atoms with Crippen molar-refractivity contribution in [2.75, 3.05) is 13.6 Å². The molecule has 22 heavy (non-hydrogen) atoms. The molecule has 0 bridgehead atoms. The van der Waals surface area contributed by atoms with E-state index in [0.29, 0.717) is 6.42 Å². The van der Waals surface area contributed by atoms with E-state index in [1.807, 2.05) is 6.07 Å². The first-order chi connectivity index (χ1) is 10.7. The highest BCUT2D eigenvalue weighted by Gasteiger charge is 2.00. The lowest BCUT2D eigenvalue weighted by molar-refractivity contribution is -0.112. The van der Waals surface area contributed by atoms with Gasteiger partial charge in [-0.25, -0.2) is 0 Å². The lowest BCUT2D eigenvalue weighted by atomic mass is 10.1. The predicted octanol–water partition coefficient (Wildman–Crippen LogP) is 3.88. The third kappa shape index (κ3) is 9.29. The number of carbonyl (C=O) groups is 1. The van der Waals surface area contributed by atoms with Gasteiger partial charge in [-0.2, -0.15) is 0 Å². The molecule has 1 rings (SSSR count). The molecule has 0 aliphatic heterocycles. The number of oxime groups is 1. The quantitative estimate of drug-likeness (QED) is 0.276. The number of nitrogens with zero attached hydrogens (tertiary/aromatic N) is 2. The normalized spacial score (nSPS) is 11.4. The molecule has 1 N–H and O–H groups in total. The molecule has 0 fully saturated rings. The molecule has 0 atom stereocenters. The first-order valence-corrected chi connectivity index (χ1v) is 8.15. The van der Waals surface area contributed by atoms with Gasteiger partial charge in [-0.1, -0.05) is 61.2 Å². The zero-order valence-corrected chi connectivity index (χ0v) is 13.6. The van der Waals surface area contributed by atoms with Crippen molar-refractivity contribution in [2.45, 2.75) is 51.5 Å². The van der Waals surface area contributed by atoms with Crippen LogP contribution in [0.3, 0.4) is 0 Å². The average molecular weight is 304 g/mol. The molecule has 0 aromatic heterocycles. The molecule has 0 saturated carbocycles. The number of unbranched alkanes of at least 4 members (excludes halogenated alkanes) is 5. The van der Waals surface area contributed by atoms with E-state index in [4.69, 9.17) is 5.21 Å². The average Bonchev–Trinajstić information content (AvgIpc) is 2.51. The minimum atomic E-state index is -0.0926. The fourth-order valence-electron chi connectivity index (χ4n) is 2.49. The van der Waals surface area contributed by atoms with Crippen LogP contribution in [0.15, 0.2) is 35.5 Å². The van der Waals surface area contributed by atoms with Gasteiger partial charge in [-0.05, 0) is 32.0 Å². The second-order valence-electron chi connectivity index (χ2n) is 5.81. The largest absolute Gasteiger partial charge is 0.411 e. The van der Waals surface area contributed by atoms with Crippen molar-refractivity contribution in [1.29, 1.82) is 0 Å². The highest BCUT2D eigenvalue weighted by Crippen LogP contribution is 2.09. The van der Waals surface area contributed by atoms with E-state index >= 15 is 0 Å². The summed E-state index contributed by atoms with van der Waals surface area (Å²) in [6.45, 7) is 2.13. The van der Waals surface area contributed by atoms with E-state index in [1.165, 1.54) is 31.2 Å². The third-order valence-corrected chi connectivity index (χ3v) is 3.71. The molecule has 0 saturated heterocycles. The Labute approximate surface area is 133 Å². The van der Waals surface area contributed by atoms with Crippen LogP contribution in [0.1, 0.15) is 50.5 Å². The minimum absolute atomic E-state index is 0.0926. The second-order valence-corrected chi connectivity index (χ2v) is 5.81. The van der Waals surface area contributed by atoms with Gasteiger partial charge in [0.25, 0.3) is 0 Å². The van der Waals surface area contributed by atoms with Gasteiger partial charge >= 0.3 is 0 Å². The lowest BCUT2D eigenvalue weighted by Gasteiger charge is -2.16. The number of benzene rings is 1. The molecule has 0 amide bonds. The summed E-state index contributed by atoms with van der Waals surface area (Å²) in [5.41, 5.74) is 1.36. The lowest BCUT2D eigenvalue weighted by Crippen LogP contribution is -2.18. The third-order valence-electron chi connectivity index (χ3n) is 3.71. The van der Waals surface area contributed by atoms with E-state index in [1.54, 1.807) is 0 Å². The van der Waals surface area contributed by atoms with Crippen LogP contribution in [-0.4, -0.2) is 35.7 Å². The molecule has 1 aromatic carbocycles. The molecule has 0 spiro atoms. The summed E-state index contributed by atoms with van der Waals surface area (Å²) in [5, 5.41) is 11.0. The SMILES string of the molecule is CN(CCCCCCCCC(=O)/C=N/O)Cc1ccccc1. The highest BCUT2D eigenvalue weighted by atomic mass is 16.4. The Morgan fingerprint density at radius 3 is 2.41 bits per heavy atom. The second kappa shape index (κ2) is 11.9. The van der Waals surface area contributed by atoms with Gasteiger partial charge in [-0.3, -0.25) is 4.79 Å². The number of hydrogen-bond acceptors (Lipinski definition) is 4. The van der Waals surface area contributed by atoms with E-state index in [2.05, 4.69) is 41.4 Å². The predicted molar refractivity (Wildman–Crippen MR) is 90.4 cm³/mol. The maximum Gasteiger partial charge on any atom is 0.177 e. The zero-order chi connectivity index (χ0) is 16.0. The minimum Gasteiger partial charge on any atom is -0.411 e. The summed E-state index contributed by atoms with van der Waals surface area (Å²) in [4.78, 5) is 13.5. The molecule has 0 aliphatic rings. The summed E-state index contributed by atoms with van der Waals surface area (Å²) in [6, 6.07) is 10.5. The van der Waals surface area contributed by atoms with E-state index in [-0.39, 0.29) is 5.78 Å². The van der Waals surface area contributed by atoms with Crippen LogP contribution in [0.2, 0.25) is 0 Å². The molecule has 0 heterocycles. The Morgan fingerprint density at radius 1 is 1.09 bits per heavy atom. The number of Topliss-reactive ketones (excluding diaryl/α,β-unsaturated/α-hetero) is 1. The molecule has 4 heteroatoms. The van der Waals surface area contributed by atoms with Gasteiger partial charge in [0.15, 0.2) is 5.78 Å². The van der Waals surface area contributed by atoms with Crippen molar-refractivity contribution in [1.82, 2.24) is 4.90 Å². The van der Waals surface area contributed by atoms with E-state index in [0.717, 1.165) is 32.1 Å². The number of rotatable bonds is 12. The topological polar surface area (TPSA) is 52.9 Å². The van der Waals surface area contributed by atoms with Gasteiger partial charge < -0.3 is 10.1 Å². The number of ketones is 1. The van der Waals surface area contributed by atoms with Gasteiger partial charge in [0.2, 0.25) is 0 Å². The zero-order valence-electron chi connectivity index (χ0n) is 13.6. The van der Waals surface area contributed by atoms with Gasteiger partial charge in [0.05, 0.1) is 0 Å². The molecule has 122 valence electrons. The first-order valence-electron chi connectivity index (χ1n) is 8.15. The molecule has 0 unspecified atom stereocenters. The Balaban J connectivity index is 1.94. The Bertz CT molecular complexity index is 432. The molecular weight excluding hydrogens is 276 g/mol. The van der Waals surface area contributed by atoms with E-state index in [9.17, 15) is 4.79 Å². The smallest absolute Gasteiger partial charge is 0.177 e. The van der Waals surface area contributed by atoms with Crippen LogP contribution in [0.5, 0.6) is 0 Å². The molecule has 1 aromatic rings. The molecule has 0 radical (unpaired) electrons. The van der Waals surface area contributed by atoms with Crippen molar-refractivity contribution in [3.05, 3.63) is 35.9 Å². The monoisotopic (exact) mass is 304 g/mol. The van der Waals surface area contributed by atoms with Crippen molar-refractivity contribution < 1.29 is 10.0 Å². The fourth-order valence-corrected chi connectivity index (χ4v) is 2.49. The summed E-state index contributed by atoms with van der Waals surface area (Å²) in [6.07, 6.45) is 8.30. The number of carbonyl (C=O) groups excluding carboxylic acids is 1. The van der Waals surface area contributed by atoms with Crippen LogP contribution >= 0.6 is 0 Å². The molecule has 4 nitrogen and oxygen atoms in total. The number of hydrogen-bond donors (Lipinski definition) is 1.